The van der Waals surface area contributed by atoms with Crippen LogP contribution in [0.3, 0.4) is 0 Å². The number of benzene rings is 2. The van der Waals surface area contributed by atoms with Gasteiger partial charge in [-0.25, -0.2) is 0 Å². The molecule has 22 heavy (non-hydrogen) atoms. The van der Waals surface area contributed by atoms with Crippen molar-refractivity contribution in [2.45, 2.75) is 6.61 Å². The second-order valence-corrected chi connectivity index (χ2v) is 4.93. The Morgan fingerprint density at radius 1 is 1.18 bits per heavy atom. The number of rotatable bonds is 5. The molecular formula is C16H11ClN2O3. The number of ether oxygens (including phenoxy) is 1. The largest absolute Gasteiger partial charge is 0.484 e. The molecule has 0 saturated heterocycles. The highest BCUT2D eigenvalue weighted by atomic mass is 35.5. The fourth-order valence-corrected chi connectivity index (χ4v) is 2.04. The molecule has 0 radical (unpaired) electrons. The minimum absolute atomic E-state index is 0.147. The standard InChI is InChI=1S/C16H11ClN2O3/c17-13-3-1-2-12(8-13)16-18-15(22-19-16)10-21-14-6-4-11(9-20)5-7-14/h1-9H,10H2. The van der Waals surface area contributed by atoms with Crippen molar-refractivity contribution in [3.05, 3.63) is 65.0 Å². The fourth-order valence-electron chi connectivity index (χ4n) is 1.85. The number of hydrogen-bond donors (Lipinski definition) is 0. The van der Waals surface area contributed by atoms with E-state index >= 15 is 0 Å². The van der Waals surface area contributed by atoms with E-state index in [-0.39, 0.29) is 6.61 Å². The van der Waals surface area contributed by atoms with Gasteiger partial charge in [0.25, 0.3) is 5.89 Å². The molecule has 0 fully saturated rings. The Hall–Kier alpha value is -2.66. The van der Waals surface area contributed by atoms with E-state index in [2.05, 4.69) is 10.1 Å². The molecule has 1 heterocycles. The van der Waals surface area contributed by atoms with Gasteiger partial charge >= 0.3 is 0 Å². The minimum Gasteiger partial charge on any atom is -0.484 e. The van der Waals surface area contributed by atoms with E-state index in [0.29, 0.717) is 28.1 Å². The van der Waals surface area contributed by atoms with Crippen LogP contribution < -0.4 is 4.74 Å². The lowest BCUT2D eigenvalue weighted by Gasteiger charge is -2.02. The maximum absolute atomic E-state index is 10.6. The number of nitrogens with zero attached hydrogens (tertiary/aromatic N) is 2. The molecule has 6 heteroatoms. The zero-order valence-corrected chi connectivity index (χ0v) is 12.2. The number of carbonyl (C=O) groups excluding carboxylic acids is 1. The number of hydrogen-bond acceptors (Lipinski definition) is 5. The molecule has 0 atom stereocenters. The lowest BCUT2D eigenvalue weighted by atomic mass is 10.2. The lowest BCUT2D eigenvalue weighted by Crippen LogP contribution is -1.95. The SMILES string of the molecule is O=Cc1ccc(OCc2nc(-c3cccc(Cl)c3)no2)cc1. The molecule has 0 unspecified atom stereocenters. The second-order valence-electron chi connectivity index (χ2n) is 4.50. The number of aromatic nitrogens is 2. The maximum atomic E-state index is 10.6. The first kappa shape index (κ1) is 14.3. The Morgan fingerprint density at radius 2 is 2.00 bits per heavy atom. The summed E-state index contributed by atoms with van der Waals surface area (Å²) >= 11 is 5.93. The molecule has 0 spiro atoms. The van der Waals surface area contributed by atoms with Gasteiger partial charge in [-0.1, -0.05) is 28.9 Å². The average molecular weight is 315 g/mol. The molecule has 110 valence electrons. The van der Waals surface area contributed by atoms with Crippen LogP contribution in [0.15, 0.2) is 53.1 Å². The summed E-state index contributed by atoms with van der Waals surface area (Å²) in [6, 6.07) is 14.0. The number of carbonyl (C=O) groups is 1. The molecule has 3 rings (SSSR count). The van der Waals surface area contributed by atoms with Crippen LogP contribution in [0.4, 0.5) is 0 Å². The van der Waals surface area contributed by atoms with Crippen molar-refractivity contribution in [2.75, 3.05) is 0 Å². The molecule has 0 amide bonds. The van der Waals surface area contributed by atoms with E-state index in [9.17, 15) is 4.79 Å². The summed E-state index contributed by atoms with van der Waals surface area (Å²) in [6.45, 7) is 0.147. The van der Waals surface area contributed by atoms with Crippen LogP contribution >= 0.6 is 11.6 Å². The van der Waals surface area contributed by atoms with E-state index < -0.39 is 0 Å². The molecule has 0 saturated carbocycles. The van der Waals surface area contributed by atoms with Crippen LogP contribution in [0, 0.1) is 0 Å². The van der Waals surface area contributed by atoms with Crippen LogP contribution in [-0.4, -0.2) is 16.4 Å². The van der Waals surface area contributed by atoms with E-state index in [0.717, 1.165) is 11.8 Å². The number of halogens is 1. The third-order valence-corrected chi connectivity index (χ3v) is 3.16. The first-order valence-electron chi connectivity index (χ1n) is 6.51. The van der Waals surface area contributed by atoms with Crippen LogP contribution in [0.5, 0.6) is 5.75 Å². The summed E-state index contributed by atoms with van der Waals surface area (Å²) in [7, 11) is 0. The first-order chi connectivity index (χ1) is 10.7. The first-order valence-corrected chi connectivity index (χ1v) is 6.89. The summed E-state index contributed by atoms with van der Waals surface area (Å²) in [5.41, 5.74) is 1.37. The van der Waals surface area contributed by atoms with Crippen molar-refractivity contribution >= 4 is 17.9 Å². The monoisotopic (exact) mass is 314 g/mol. The van der Waals surface area contributed by atoms with Crippen molar-refractivity contribution in [1.29, 1.82) is 0 Å². The predicted molar refractivity (Wildman–Crippen MR) is 80.9 cm³/mol. The third-order valence-electron chi connectivity index (χ3n) is 2.93. The van der Waals surface area contributed by atoms with E-state index in [4.69, 9.17) is 20.9 Å². The van der Waals surface area contributed by atoms with Gasteiger partial charge in [0.2, 0.25) is 5.82 Å². The molecule has 0 aliphatic rings. The van der Waals surface area contributed by atoms with E-state index in [1.807, 2.05) is 12.1 Å². The Morgan fingerprint density at radius 3 is 2.73 bits per heavy atom. The van der Waals surface area contributed by atoms with Crippen molar-refractivity contribution in [3.63, 3.8) is 0 Å². The average Bonchev–Trinajstić information content (AvgIpc) is 3.02. The molecule has 0 aliphatic heterocycles. The molecule has 2 aromatic carbocycles. The zero-order chi connectivity index (χ0) is 15.4. The van der Waals surface area contributed by atoms with Crippen molar-refractivity contribution in [3.8, 4) is 17.1 Å². The van der Waals surface area contributed by atoms with Gasteiger partial charge in [0.1, 0.15) is 12.0 Å². The van der Waals surface area contributed by atoms with Crippen LogP contribution in [0.2, 0.25) is 5.02 Å². The summed E-state index contributed by atoms with van der Waals surface area (Å²) in [5.74, 6) is 1.43. The quantitative estimate of drug-likeness (QED) is 0.670. The van der Waals surface area contributed by atoms with Gasteiger partial charge in [-0.15, -0.1) is 0 Å². The van der Waals surface area contributed by atoms with Gasteiger partial charge in [-0.05, 0) is 36.4 Å². The van der Waals surface area contributed by atoms with Crippen LogP contribution in [0.1, 0.15) is 16.2 Å². The van der Waals surface area contributed by atoms with Gasteiger partial charge in [-0.3, -0.25) is 4.79 Å². The second kappa shape index (κ2) is 6.41. The van der Waals surface area contributed by atoms with Crippen molar-refractivity contribution in [2.24, 2.45) is 0 Å². The zero-order valence-electron chi connectivity index (χ0n) is 11.4. The van der Waals surface area contributed by atoms with Gasteiger partial charge in [0.05, 0.1) is 0 Å². The minimum atomic E-state index is 0.147. The van der Waals surface area contributed by atoms with Gasteiger partial charge in [0.15, 0.2) is 6.61 Å². The maximum Gasteiger partial charge on any atom is 0.264 e. The highest BCUT2D eigenvalue weighted by molar-refractivity contribution is 6.30. The van der Waals surface area contributed by atoms with Crippen LogP contribution in [0.25, 0.3) is 11.4 Å². The highest BCUT2D eigenvalue weighted by Gasteiger charge is 2.09. The summed E-state index contributed by atoms with van der Waals surface area (Å²) in [4.78, 5) is 14.8. The van der Waals surface area contributed by atoms with E-state index in [1.54, 1.807) is 36.4 Å². The Balaban J connectivity index is 1.67. The highest BCUT2D eigenvalue weighted by Crippen LogP contribution is 2.20. The van der Waals surface area contributed by atoms with Gasteiger partial charge in [0, 0.05) is 16.1 Å². The summed E-state index contributed by atoms with van der Waals surface area (Å²) < 4.78 is 10.7. The topological polar surface area (TPSA) is 65.2 Å². The Labute approximate surface area is 131 Å². The molecule has 1 aromatic heterocycles. The molecule has 0 N–H and O–H groups in total. The molecular weight excluding hydrogens is 304 g/mol. The van der Waals surface area contributed by atoms with Gasteiger partial charge in [-0.2, -0.15) is 4.98 Å². The lowest BCUT2D eigenvalue weighted by molar-refractivity contribution is 0.112. The normalized spacial score (nSPS) is 10.4. The molecule has 0 bridgehead atoms. The molecule has 3 aromatic rings. The Bertz CT molecular complexity index is 784. The molecule has 0 aliphatic carbocycles. The van der Waals surface area contributed by atoms with Gasteiger partial charge < -0.3 is 9.26 Å². The number of aldehydes is 1. The predicted octanol–water partition coefficient (Wildman–Crippen LogP) is 3.78. The van der Waals surface area contributed by atoms with E-state index in [1.165, 1.54) is 0 Å². The summed E-state index contributed by atoms with van der Waals surface area (Å²) in [5, 5.41) is 4.50. The fraction of sp³-hybridized carbons (Fsp3) is 0.0625. The smallest absolute Gasteiger partial charge is 0.264 e. The Kier molecular flexibility index (Phi) is 4.16. The van der Waals surface area contributed by atoms with Crippen LogP contribution in [-0.2, 0) is 6.61 Å². The summed E-state index contributed by atoms with van der Waals surface area (Å²) in [6.07, 6.45) is 0.777. The van der Waals surface area contributed by atoms with Crippen molar-refractivity contribution < 1.29 is 14.1 Å². The molecule has 5 nitrogen and oxygen atoms in total. The van der Waals surface area contributed by atoms with Crippen molar-refractivity contribution in [1.82, 2.24) is 10.1 Å². The third kappa shape index (κ3) is 3.32.